The van der Waals surface area contributed by atoms with Gasteiger partial charge in [-0.05, 0) is 42.7 Å². The summed E-state index contributed by atoms with van der Waals surface area (Å²) in [6.07, 6.45) is 7.05. The summed E-state index contributed by atoms with van der Waals surface area (Å²) in [5.41, 5.74) is 1.30. The Kier molecular flexibility index (Phi) is 5.61. The Morgan fingerprint density at radius 1 is 1.38 bits per heavy atom. The molecule has 0 saturated heterocycles. The maximum Gasteiger partial charge on any atom is 0.0271 e. The molecule has 0 bridgehead atoms. The quantitative estimate of drug-likeness (QED) is 0.704. The minimum atomic E-state index is 0.955. The first-order valence-corrected chi connectivity index (χ1v) is 5.91. The molecule has 0 amide bonds. The van der Waals surface area contributed by atoms with Crippen LogP contribution in [0.15, 0.2) is 24.5 Å². The lowest BCUT2D eigenvalue weighted by atomic mass is 10.3. The molecule has 2 nitrogen and oxygen atoms in total. The second-order valence-electron chi connectivity index (χ2n) is 2.88. The van der Waals surface area contributed by atoms with Gasteiger partial charge in [0, 0.05) is 18.9 Å². The molecular weight excluding hydrogens is 180 g/mol. The molecule has 1 aromatic heterocycles. The van der Waals surface area contributed by atoms with Crippen molar-refractivity contribution in [3.05, 3.63) is 30.1 Å². The van der Waals surface area contributed by atoms with Crippen LogP contribution in [0, 0.1) is 0 Å². The van der Waals surface area contributed by atoms with Crippen LogP contribution in [0.1, 0.15) is 12.0 Å². The van der Waals surface area contributed by atoms with Crippen LogP contribution < -0.4 is 5.32 Å². The molecule has 0 spiro atoms. The van der Waals surface area contributed by atoms with Crippen LogP contribution in [0.4, 0.5) is 0 Å². The molecular formula is C10H16N2S. The Morgan fingerprint density at radius 2 is 2.15 bits per heavy atom. The Labute approximate surface area is 84.1 Å². The highest BCUT2D eigenvalue weighted by Gasteiger charge is 1.90. The number of nitrogens with one attached hydrogen (secondary N) is 1. The summed E-state index contributed by atoms with van der Waals surface area (Å²) in [6, 6.07) is 4.09. The fourth-order valence-corrected chi connectivity index (χ4v) is 1.51. The van der Waals surface area contributed by atoms with Crippen LogP contribution in [-0.2, 0) is 6.54 Å². The van der Waals surface area contributed by atoms with E-state index in [0.29, 0.717) is 0 Å². The minimum absolute atomic E-state index is 0.955. The zero-order valence-corrected chi connectivity index (χ0v) is 8.81. The fourth-order valence-electron chi connectivity index (χ4n) is 1.07. The lowest BCUT2D eigenvalue weighted by molar-refractivity contribution is 0.678. The Hall–Kier alpha value is -0.540. The molecule has 0 aliphatic carbocycles. The van der Waals surface area contributed by atoms with Crippen molar-refractivity contribution in [2.75, 3.05) is 18.6 Å². The van der Waals surface area contributed by atoms with E-state index in [0.717, 1.165) is 13.1 Å². The first kappa shape index (κ1) is 10.5. The van der Waals surface area contributed by atoms with Crippen molar-refractivity contribution in [2.24, 2.45) is 0 Å². The van der Waals surface area contributed by atoms with Crippen LogP contribution in [0.25, 0.3) is 0 Å². The standard InChI is InChI=1S/C10H16N2S/c1-13-8-2-5-12-9-10-3-6-11-7-4-10/h3-4,6-7,12H,2,5,8-9H2,1H3. The molecule has 0 radical (unpaired) electrons. The molecule has 0 aromatic carbocycles. The van der Waals surface area contributed by atoms with Crippen molar-refractivity contribution < 1.29 is 0 Å². The first-order valence-electron chi connectivity index (χ1n) is 4.52. The molecule has 3 heteroatoms. The number of nitrogens with zero attached hydrogens (tertiary/aromatic N) is 1. The van der Waals surface area contributed by atoms with Gasteiger partial charge in [0.1, 0.15) is 0 Å². The predicted octanol–water partition coefficient (Wildman–Crippen LogP) is 1.92. The molecule has 0 saturated carbocycles. The van der Waals surface area contributed by atoms with Crippen molar-refractivity contribution in [1.82, 2.24) is 10.3 Å². The topological polar surface area (TPSA) is 24.9 Å². The van der Waals surface area contributed by atoms with Gasteiger partial charge in [-0.3, -0.25) is 4.98 Å². The summed E-state index contributed by atoms with van der Waals surface area (Å²) in [5, 5.41) is 3.40. The smallest absolute Gasteiger partial charge is 0.0271 e. The molecule has 72 valence electrons. The monoisotopic (exact) mass is 196 g/mol. The van der Waals surface area contributed by atoms with Crippen molar-refractivity contribution in [3.8, 4) is 0 Å². The summed E-state index contributed by atoms with van der Waals surface area (Å²) in [4.78, 5) is 3.97. The molecule has 0 unspecified atom stereocenters. The van der Waals surface area contributed by atoms with E-state index >= 15 is 0 Å². The van der Waals surface area contributed by atoms with Gasteiger partial charge in [-0.15, -0.1) is 0 Å². The van der Waals surface area contributed by atoms with Crippen molar-refractivity contribution in [2.45, 2.75) is 13.0 Å². The number of pyridine rings is 1. The maximum absolute atomic E-state index is 3.97. The van der Waals surface area contributed by atoms with Crippen LogP contribution in [-0.4, -0.2) is 23.5 Å². The van der Waals surface area contributed by atoms with Crippen molar-refractivity contribution >= 4 is 11.8 Å². The van der Waals surface area contributed by atoms with Gasteiger partial charge in [0.05, 0.1) is 0 Å². The average Bonchev–Trinajstić information content (AvgIpc) is 2.19. The molecule has 0 fully saturated rings. The minimum Gasteiger partial charge on any atom is -0.313 e. The number of thioether (sulfide) groups is 1. The maximum atomic E-state index is 3.97. The number of hydrogen-bond donors (Lipinski definition) is 1. The van der Waals surface area contributed by atoms with E-state index in [1.54, 1.807) is 0 Å². The Morgan fingerprint density at radius 3 is 2.85 bits per heavy atom. The van der Waals surface area contributed by atoms with Crippen molar-refractivity contribution in [3.63, 3.8) is 0 Å². The molecule has 1 heterocycles. The third-order valence-corrected chi connectivity index (χ3v) is 2.48. The number of aromatic nitrogens is 1. The summed E-state index contributed by atoms with van der Waals surface area (Å²) >= 11 is 1.90. The summed E-state index contributed by atoms with van der Waals surface area (Å²) in [5.74, 6) is 1.24. The van der Waals surface area contributed by atoms with Gasteiger partial charge < -0.3 is 5.32 Å². The van der Waals surface area contributed by atoms with E-state index in [4.69, 9.17) is 0 Å². The van der Waals surface area contributed by atoms with Gasteiger partial charge in [0.15, 0.2) is 0 Å². The molecule has 0 aliphatic heterocycles. The van der Waals surface area contributed by atoms with Crippen molar-refractivity contribution in [1.29, 1.82) is 0 Å². The van der Waals surface area contributed by atoms with Gasteiger partial charge in [0.25, 0.3) is 0 Å². The second-order valence-corrected chi connectivity index (χ2v) is 3.86. The largest absolute Gasteiger partial charge is 0.313 e. The second kappa shape index (κ2) is 6.92. The zero-order chi connectivity index (χ0) is 9.36. The van der Waals surface area contributed by atoms with Gasteiger partial charge in [-0.1, -0.05) is 0 Å². The fraction of sp³-hybridized carbons (Fsp3) is 0.500. The van der Waals surface area contributed by atoms with Gasteiger partial charge in [-0.2, -0.15) is 11.8 Å². The summed E-state index contributed by atoms with van der Waals surface area (Å²) in [6.45, 7) is 2.06. The zero-order valence-electron chi connectivity index (χ0n) is 7.99. The van der Waals surface area contributed by atoms with E-state index in [2.05, 4.69) is 16.6 Å². The van der Waals surface area contributed by atoms with E-state index in [-0.39, 0.29) is 0 Å². The lowest BCUT2D eigenvalue weighted by Crippen LogP contribution is -2.15. The summed E-state index contributed by atoms with van der Waals surface area (Å²) < 4.78 is 0. The number of hydrogen-bond acceptors (Lipinski definition) is 3. The third kappa shape index (κ3) is 4.90. The molecule has 13 heavy (non-hydrogen) atoms. The highest BCUT2D eigenvalue weighted by Crippen LogP contribution is 1.96. The van der Waals surface area contributed by atoms with E-state index in [9.17, 15) is 0 Å². The molecule has 1 aromatic rings. The number of rotatable bonds is 6. The highest BCUT2D eigenvalue weighted by atomic mass is 32.2. The summed E-state index contributed by atoms with van der Waals surface area (Å²) in [7, 11) is 0. The van der Waals surface area contributed by atoms with Crippen LogP contribution in [0.5, 0.6) is 0 Å². The van der Waals surface area contributed by atoms with Gasteiger partial charge in [-0.25, -0.2) is 0 Å². The van der Waals surface area contributed by atoms with Gasteiger partial charge >= 0.3 is 0 Å². The van der Waals surface area contributed by atoms with E-state index in [1.165, 1.54) is 17.7 Å². The molecule has 0 aliphatic rings. The van der Waals surface area contributed by atoms with E-state index < -0.39 is 0 Å². The molecule has 1 rings (SSSR count). The molecule has 1 N–H and O–H groups in total. The van der Waals surface area contributed by atoms with Crippen LogP contribution in [0.3, 0.4) is 0 Å². The first-order chi connectivity index (χ1) is 6.43. The third-order valence-electron chi connectivity index (χ3n) is 1.78. The highest BCUT2D eigenvalue weighted by molar-refractivity contribution is 7.98. The van der Waals surface area contributed by atoms with Gasteiger partial charge in [0.2, 0.25) is 0 Å². The Balaban J connectivity index is 2.07. The van der Waals surface area contributed by atoms with Crippen LogP contribution >= 0.6 is 11.8 Å². The van der Waals surface area contributed by atoms with Crippen LogP contribution in [0.2, 0.25) is 0 Å². The predicted molar refractivity (Wildman–Crippen MR) is 58.9 cm³/mol. The van der Waals surface area contributed by atoms with E-state index in [1.807, 2.05) is 36.3 Å². The SMILES string of the molecule is CSCCCNCc1ccncc1. The Bertz CT molecular complexity index is 213. The normalized spacial score (nSPS) is 10.2. The lowest BCUT2D eigenvalue weighted by Gasteiger charge is -2.03. The average molecular weight is 196 g/mol. The molecule has 0 atom stereocenters.